The van der Waals surface area contributed by atoms with E-state index < -0.39 is 0 Å². The lowest BCUT2D eigenvalue weighted by molar-refractivity contribution is -0.142. The van der Waals surface area contributed by atoms with E-state index in [0.29, 0.717) is 18.4 Å². The molecule has 4 heteroatoms. The Labute approximate surface area is 103 Å². The molecule has 2 aliphatic rings. The van der Waals surface area contributed by atoms with E-state index in [1.807, 2.05) is 0 Å². The molecule has 0 aromatic carbocycles. The van der Waals surface area contributed by atoms with Crippen molar-refractivity contribution in [2.45, 2.75) is 50.6 Å². The molecule has 0 aromatic heterocycles. The van der Waals surface area contributed by atoms with Gasteiger partial charge >= 0.3 is 5.97 Å². The Morgan fingerprint density at radius 1 is 1.35 bits per heavy atom. The van der Waals surface area contributed by atoms with E-state index in [9.17, 15) is 4.79 Å². The molecule has 98 valence electrons. The Morgan fingerprint density at radius 3 is 2.47 bits per heavy atom. The molecule has 2 rings (SSSR count). The summed E-state index contributed by atoms with van der Waals surface area (Å²) in [7, 11) is 1.47. The first kappa shape index (κ1) is 12.8. The van der Waals surface area contributed by atoms with E-state index in [0.717, 1.165) is 38.9 Å². The topological polar surface area (TPSA) is 47.6 Å². The smallest absolute Gasteiger partial charge is 0.305 e. The fourth-order valence-electron chi connectivity index (χ4n) is 2.81. The Morgan fingerprint density at radius 2 is 2.00 bits per heavy atom. The van der Waals surface area contributed by atoms with Gasteiger partial charge < -0.3 is 14.8 Å². The molecular formula is C13H23NO3. The fraction of sp³-hybridized carbons (Fsp3) is 0.923. The van der Waals surface area contributed by atoms with Crippen molar-refractivity contribution in [1.82, 2.24) is 5.32 Å². The number of hydrogen-bond donors (Lipinski definition) is 1. The molecule has 0 bridgehead atoms. The minimum absolute atomic E-state index is 0.0687. The molecule has 0 unspecified atom stereocenters. The second-order valence-electron chi connectivity index (χ2n) is 5.70. The summed E-state index contributed by atoms with van der Waals surface area (Å²) in [6.07, 6.45) is 5.17. The highest BCUT2D eigenvalue weighted by atomic mass is 16.5. The maximum absolute atomic E-state index is 11.2. The molecule has 0 spiro atoms. The van der Waals surface area contributed by atoms with Gasteiger partial charge in [-0.15, -0.1) is 0 Å². The second kappa shape index (κ2) is 5.36. The molecular weight excluding hydrogens is 218 g/mol. The molecule has 0 atom stereocenters. The fourth-order valence-corrected chi connectivity index (χ4v) is 2.81. The van der Waals surface area contributed by atoms with Gasteiger partial charge in [0, 0.05) is 12.5 Å². The van der Waals surface area contributed by atoms with Crippen LogP contribution in [0.25, 0.3) is 0 Å². The zero-order valence-electron chi connectivity index (χ0n) is 10.8. The predicted molar refractivity (Wildman–Crippen MR) is 64.7 cm³/mol. The van der Waals surface area contributed by atoms with Crippen LogP contribution < -0.4 is 5.32 Å². The van der Waals surface area contributed by atoms with Crippen molar-refractivity contribution in [3.05, 3.63) is 0 Å². The summed E-state index contributed by atoms with van der Waals surface area (Å²) < 4.78 is 9.96. The summed E-state index contributed by atoms with van der Waals surface area (Å²) >= 11 is 0. The van der Waals surface area contributed by atoms with Crippen LogP contribution in [-0.2, 0) is 14.3 Å². The highest BCUT2D eigenvalue weighted by Gasteiger charge is 2.36. The normalized spacial score (nSPS) is 31.6. The third kappa shape index (κ3) is 3.42. The molecule has 1 saturated heterocycles. The Hall–Kier alpha value is -0.610. The van der Waals surface area contributed by atoms with E-state index in [1.54, 1.807) is 0 Å². The summed E-state index contributed by atoms with van der Waals surface area (Å²) in [4.78, 5) is 11.2. The number of carbonyl (C=O) groups is 1. The molecule has 1 N–H and O–H groups in total. The van der Waals surface area contributed by atoms with E-state index in [1.165, 1.54) is 7.11 Å². The van der Waals surface area contributed by atoms with Crippen LogP contribution in [-0.4, -0.2) is 37.9 Å². The first-order chi connectivity index (χ1) is 8.11. The molecule has 1 aliphatic carbocycles. The number of nitrogens with one attached hydrogen (secondary N) is 1. The van der Waals surface area contributed by atoms with Crippen molar-refractivity contribution in [3.63, 3.8) is 0 Å². The van der Waals surface area contributed by atoms with Crippen LogP contribution in [0.4, 0.5) is 0 Å². The van der Waals surface area contributed by atoms with Crippen molar-refractivity contribution in [1.29, 1.82) is 0 Å². The number of carbonyl (C=O) groups excluding carboxylic acids is 1. The molecule has 1 saturated carbocycles. The molecule has 0 radical (unpaired) electrons. The van der Waals surface area contributed by atoms with Gasteiger partial charge in [-0.1, -0.05) is 0 Å². The average Bonchev–Trinajstić information content (AvgIpc) is 2.29. The van der Waals surface area contributed by atoms with Gasteiger partial charge in [0.05, 0.1) is 25.9 Å². The third-order valence-electron chi connectivity index (χ3n) is 3.92. The number of esters is 1. The average molecular weight is 241 g/mol. The monoisotopic (exact) mass is 241 g/mol. The maximum atomic E-state index is 11.2. The van der Waals surface area contributed by atoms with Crippen LogP contribution in [0, 0.1) is 5.92 Å². The first-order valence-corrected chi connectivity index (χ1v) is 6.53. The lowest BCUT2D eigenvalue weighted by Crippen LogP contribution is -2.61. The zero-order chi connectivity index (χ0) is 12.3. The summed E-state index contributed by atoms with van der Waals surface area (Å²) in [5.41, 5.74) is 0.194. The van der Waals surface area contributed by atoms with E-state index in [2.05, 4.69) is 12.2 Å². The highest BCUT2D eigenvalue weighted by molar-refractivity contribution is 5.69. The Balaban J connectivity index is 1.69. The number of rotatable bonds is 4. The van der Waals surface area contributed by atoms with E-state index in [4.69, 9.17) is 9.47 Å². The lowest BCUT2D eigenvalue weighted by atomic mass is 9.83. The van der Waals surface area contributed by atoms with Gasteiger partial charge in [0.1, 0.15) is 0 Å². The number of ether oxygens (including phenoxy) is 2. The Kier molecular flexibility index (Phi) is 4.05. The van der Waals surface area contributed by atoms with Crippen LogP contribution in [0.15, 0.2) is 0 Å². The van der Waals surface area contributed by atoms with Crippen LogP contribution in [0.1, 0.15) is 39.0 Å². The number of hydrogen-bond acceptors (Lipinski definition) is 4. The summed E-state index contributed by atoms with van der Waals surface area (Å²) in [6, 6.07) is 0.595. The molecule has 2 fully saturated rings. The van der Waals surface area contributed by atoms with Crippen LogP contribution in [0.2, 0.25) is 0 Å². The van der Waals surface area contributed by atoms with Gasteiger partial charge in [0.15, 0.2) is 0 Å². The zero-order valence-corrected chi connectivity index (χ0v) is 10.8. The van der Waals surface area contributed by atoms with Crippen LogP contribution in [0.5, 0.6) is 0 Å². The van der Waals surface area contributed by atoms with Crippen LogP contribution >= 0.6 is 0 Å². The van der Waals surface area contributed by atoms with Gasteiger partial charge in [-0.2, -0.15) is 0 Å². The molecule has 1 aliphatic heterocycles. The van der Waals surface area contributed by atoms with Gasteiger partial charge in [-0.3, -0.25) is 4.79 Å². The second-order valence-corrected chi connectivity index (χ2v) is 5.70. The molecule has 0 aromatic rings. The summed E-state index contributed by atoms with van der Waals surface area (Å²) in [6.45, 7) is 3.88. The molecule has 17 heavy (non-hydrogen) atoms. The van der Waals surface area contributed by atoms with E-state index in [-0.39, 0.29) is 11.5 Å². The predicted octanol–water partition coefficient (Wildman–Crippen LogP) is 1.49. The van der Waals surface area contributed by atoms with Crippen molar-refractivity contribution in [2.24, 2.45) is 5.92 Å². The third-order valence-corrected chi connectivity index (χ3v) is 3.92. The number of methoxy groups -OCH3 is 1. The first-order valence-electron chi connectivity index (χ1n) is 6.53. The minimum Gasteiger partial charge on any atom is -0.469 e. The largest absolute Gasteiger partial charge is 0.469 e. The molecule has 1 heterocycles. The van der Waals surface area contributed by atoms with Gasteiger partial charge in [0.2, 0.25) is 0 Å². The summed E-state index contributed by atoms with van der Waals surface area (Å²) in [5, 5.41) is 3.68. The van der Waals surface area contributed by atoms with Crippen molar-refractivity contribution in [3.8, 4) is 0 Å². The van der Waals surface area contributed by atoms with Crippen molar-refractivity contribution in [2.75, 3.05) is 20.3 Å². The van der Waals surface area contributed by atoms with Gasteiger partial charge in [0.25, 0.3) is 0 Å². The van der Waals surface area contributed by atoms with Crippen molar-refractivity contribution >= 4 is 5.97 Å². The Bertz CT molecular complexity index is 268. The maximum Gasteiger partial charge on any atom is 0.305 e. The van der Waals surface area contributed by atoms with Gasteiger partial charge in [-0.05, 0) is 38.5 Å². The minimum atomic E-state index is -0.0687. The van der Waals surface area contributed by atoms with E-state index >= 15 is 0 Å². The van der Waals surface area contributed by atoms with Crippen molar-refractivity contribution < 1.29 is 14.3 Å². The van der Waals surface area contributed by atoms with Gasteiger partial charge in [-0.25, -0.2) is 0 Å². The SMILES string of the molecule is COC(=O)CC1CCC(NC2(C)COC2)CC1. The quantitative estimate of drug-likeness (QED) is 0.757. The molecule has 0 amide bonds. The molecule has 4 nitrogen and oxygen atoms in total. The highest BCUT2D eigenvalue weighted by Crippen LogP contribution is 2.29. The van der Waals surface area contributed by atoms with Crippen LogP contribution in [0.3, 0.4) is 0 Å². The standard InChI is InChI=1S/C13H23NO3/c1-13(8-17-9-13)14-11-5-3-10(4-6-11)7-12(15)16-2/h10-11,14H,3-9H2,1-2H3. The lowest BCUT2D eigenvalue weighted by Gasteiger charge is -2.43. The summed E-state index contributed by atoms with van der Waals surface area (Å²) in [5.74, 6) is 0.451.